The van der Waals surface area contributed by atoms with Crippen molar-refractivity contribution in [3.8, 4) is 17.2 Å². The van der Waals surface area contributed by atoms with E-state index >= 15 is 0 Å². The highest BCUT2D eigenvalue weighted by Crippen LogP contribution is 2.23. The van der Waals surface area contributed by atoms with Gasteiger partial charge in [-0.25, -0.2) is 0 Å². The molecule has 0 fully saturated rings. The summed E-state index contributed by atoms with van der Waals surface area (Å²) in [4.78, 5) is 0. The first-order valence-corrected chi connectivity index (χ1v) is 7.53. The molecule has 0 aromatic heterocycles. The highest BCUT2D eigenvalue weighted by atomic mass is 16.5. The van der Waals surface area contributed by atoms with Gasteiger partial charge in [0.25, 0.3) is 0 Å². The van der Waals surface area contributed by atoms with Gasteiger partial charge in [-0.2, -0.15) is 0 Å². The fourth-order valence-corrected chi connectivity index (χ4v) is 2.21. The molecule has 0 atom stereocenters. The molecule has 0 aliphatic carbocycles. The summed E-state index contributed by atoms with van der Waals surface area (Å²) in [5, 5.41) is 3.39. The molecule has 0 heterocycles. The van der Waals surface area contributed by atoms with Crippen molar-refractivity contribution < 1.29 is 9.47 Å². The Balaban J connectivity index is 1.56. The van der Waals surface area contributed by atoms with Crippen LogP contribution in [0.4, 0.5) is 5.69 Å². The molecule has 23 heavy (non-hydrogen) atoms. The van der Waals surface area contributed by atoms with E-state index in [9.17, 15) is 0 Å². The predicted molar refractivity (Wildman–Crippen MR) is 93.3 cm³/mol. The standard InChI is InChI=1S/C20H19NO2/c1-22-18-11-7-16(8-12-18)15-21-17-9-13-20(14-10-17)23-19-5-3-2-4-6-19/h2-14,21H,15H2,1H3. The first-order chi connectivity index (χ1) is 11.3. The van der Waals surface area contributed by atoms with Gasteiger partial charge in [-0.05, 0) is 54.1 Å². The van der Waals surface area contributed by atoms with Crippen LogP contribution < -0.4 is 14.8 Å². The number of para-hydroxylation sites is 1. The lowest BCUT2D eigenvalue weighted by Crippen LogP contribution is -1.99. The van der Waals surface area contributed by atoms with Crippen molar-refractivity contribution in [2.24, 2.45) is 0 Å². The van der Waals surface area contributed by atoms with Gasteiger partial charge in [0.05, 0.1) is 7.11 Å². The van der Waals surface area contributed by atoms with Gasteiger partial charge in [0, 0.05) is 12.2 Å². The number of nitrogens with one attached hydrogen (secondary N) is 1. The van der Waals surface area contributed by atoms with Gasteiger partial charge in [-0.1, -0.05) is 30.3 Å². The van der Waals surface area contributed by atoms with E-state index in [0.29, 0.717) is 0 Å². The Labute approximate surface area is 136 Å². The van der Waals surface area contributed by atoms with E-state index in [1.165, 1.54) is 5.56 Å². The number of benzene rings is 3. The SMILES string of the molecule is COc1ccc(CNc2ccc(Oc3ccccc3)cc2)cc1. The van der Waals surface area contributed by atoms with E-state index in [4.69, 9.17) is 9.47 Å². The van der Waals surface area contributed by atoms with Crippen molar-refractivity contribution in [1.82, 2.24) is 0 Å². The topological polar surface area (TPSA) is 30.5 Å². The molecule has 0 spiro atoms. The number of hydrogen-bond acceptors (Lipinski definition) is 3. The molecule has 3 rings (SSSR count). The van der Waals surface area contributed by atoms with Crippen molar-refractivity contribution in [3.05, 3.63) is 84.4 Å². The van der Waals surface area contributed by atoms with Crippen molar-refractivity contribution in [2.45, 2.75) is 6.54 Å². The van der Waals surface area contributed by atoms with Crippen LogP contribution in [-0.4, -0.2) is 7.11 Å². The quantitative estimate of drug-likeness (QED) is 0.687. The van der Waals surface area contributed by atoms with Crippen molar-refractivity contribution in [3.63, 3.8) is 0 Å². The zero-order valence-corrected chi connectivity index (χ0v) is 13.0. The van der Waals surface area contributed by atoms with E-state index in [0.717, 1.165) is 29.5 Å². The largest absolute Gasteiger partial charge is 0.497 e. The Morgan fingerprint density at radius 2 is 1.30 bits per heavy atom. The Morgan fingerprint density at radius 1 is 0.696 bits per heavy atom. The fraction of sp³-hybridized carbons (Fsp3) is 0.100. The Bertz CT molecular complexity index is 722. The normalized spacial score (nSPS) is 10.1. The van der Waals surface area contributed by atoms with Gasteiger partial charge in [0.15, 0.2) is 0 Å². The van der Waals surface area contributed by atoms with Crippen molar-refractivity contribution in [2.75, 3.05) is 12.4 Å². The highest BCUT2D eigenvalue weighted by molar-refractivity contribution is 5.47. The van der Waals surface area contributed by atoms with E-state index in [1.54, 1.807) is 7.11 Å². The Morgan fingerprint density at radius 3 is 1.96 bits per heavy atom. The third kappa shape index (κ3) is 4.27. The lowest BCUT2D eigenvalue weighted by atomic mass is 10.2. The van der Waals surface area contributed by atoms with Gasteiger partial charge in [-0.15, -0.1) is 0 Å². The second-order valence-electron chi connectivity index (χ2n) is 5.14. The van der Waals surface area contributed by atoms with E-state index in [-0.39, 0.29) is 0 Å². The average molecular weight is 305 g/mol. The minimum absolute atomic E-state index is 0.767. The van der Waals surface area contributed by atoms with Gasteiger partial charge in [-0.3, -0.25) is 0 Å². The summed E-state index contributed by atoms with van der Waals surface area (Å²) in [6.07, 6.45) is 0. The maximum Gasteiger partial charge on any atom is 0.127 e. The van der Waals surface area contributed by atoms with Gasteiger partial charge < -0.3 is 14.8 Å². The Kier molecular flexibility index (Phi) is 4.79. The van der Waals surface area contributed by atoms with Gasteiger partial charge >= 0.3 is 0 Å². The smallest absolute Gasteiger partial charge is 0.127 e. The molecule has 0 saturated heterocycles. The molecule has 116 valence electrons. The highest BCUT2D eigenvalue weighted by Gasteiger charge is 1.98. The molecule has 0 unspecified atom stereocenters. The van der Waals surface area contributed by atoms with E-state index in [2.05, 4.69) is 17.4 Å². The van der Waals surface area contributed by atoms with Crippen LogP contribution in [0.25, 0.3) is 0 Å². The molecule has 3 heteroatoms. The first-order valence-electron chi connectivity index (χ1n) is 7.53. The van der Waals surface area contributed by atoms with Crippen LogP contribution >= 0.6 is 0 Å². The summed E-state index contributed by atoms with van der Waals surface area (Å²) in [6.45, 7) is 0.767. The molecule has 3 aromatic rings. The molecule has 0 bridgehead atoms. The summed E-state index contributed by atoms with van der Waals surface area (Å²) in [6, 6.07) is 25.8. The molecule has 3 aromatic carbocycles. The Hall–Kier alpha value is -2.94. The van der Waals surface area contributed by atoms with Crippen LogP contribution in [0.3, 0.4) is 0 Å². The van der Waals surface area contributed by atoms with Crippen LogP contribution in [0.1, 0.15) is 5.56 Å². The molecule has 0 saturated carbocycles. The predicted octanol–water partition coefficient (Wildman–Crippen LogP) is 5.10. The molecule has 0 radical (unpaired) electrons. The maximum absolute atomic E-state index is 5.78. The summed E-state index contributed by atoms with van der Waals surface area (Å²) in [7, 11) is 1.67. The molecule has 0 aliphatic heterocycles. The van der Waals surface area contributed by atoms with Crippen molar-refractivity contribution >= 4 is 5.69 Å². The molecular formula is C20H19NO2. The summed E-state index contributed by atoms with van der Waals surface area (Å²) >= 11 is 0. The number of rotatable bonds is 6. The minimum atomic E-state index is 0.767. The van der Waals surface area contributed by atoms with E-state index < -0.39 is 0 Å². The maximum atomic E-state index is 5.78. The summed E-state index contributed by atoms with van der Waals surface area (Å²) in [5.74, 6) is 2.54. The van der Waals surface area contributed by atoms with E-state index in [1.807, 2.05) is 66.7 Å². The molecule has 1 N–H and O–H groups in total. The number of methoxy groups -OCH3 is 1. The second-order valence-corrected chi connectivity index (χ2v) is 5.14. The van der Waals surface area contributed by atoms with Crippen LogP contribution in [0.15, 0.2) is 78.9 Å². The zero-order valence-electron chi connectivity index (χ0n) is 13.0. The second kappa shape index (κ2) is 7.36. The van der Waals surface area contributed by atoms with Crippen LogP contribution in [0, 0.1) is 0 Å². The van der Waals surface area contributed by atoms with Crippen molar-refractivity contribution in [1.29, 1.82) is 0 Å². The first kappa shape index (κ1) is 15.0. The number of ether oxygens (including phenoxy) is 2. The summed E-state index contributed by atoms with van der Waals surface area (Å²) < 4.78 is 10.9. The van der Waals surface area contributed by atoms with Gasteiger partial charge in [0.1, 0.15) is 17.2 Å². The minimum Gasteiger partial charge on any atom is -0.497 e. The third-order valence-electron chi connectivity index (χ3n) is 3.49. The zero-order chi connectivity index (χ0) is 15.9. The molecule has 0 amide bonds. The van der Waals surface area contributed by atoms with Crippen LogP contribution in [0.5, 0.6) is 17.2 Å². The third-order valence-corrected chi connectivity index (χ3v) is 3.49. The lowest BCUT2D eigenvalue weighted by molar-refractivity contribution is 0.414. The monoisotopic (exact) mass is 305 g/mol. The number of hydrogen-bond donors (Lipinski definition) is 1. The lowest BCUT2D eigenvalue weighted by Gasteiger charge is -2.09. The van der Waals surface area contributed by atoms with Crippen LogP contribution in [-0.2, 0) is 6.54 Å². The molecule has 3 nitrogen and oxygen atoms in total. The fourth-order valence-electron chi connectivity index (χ4n) is 2.21. The summed E-state index contributed by atoms with van der Waals surface area (Å²) in [5.41, 5.74) is 2.26. The average Bonchev–Trinajstić information content (AvgIpc) is 2.62. The van der Waals surface area contributed by atoms with Gasteiger partial charge in [0.2, 0.25) is 0 Å². The molecule has 0 aliphatic rings. The molecular weight excluding hydrogens is 286 g/mol. The van der Waals surface area contributed by atoms with Crippen LogP contribution in [0.2, 0.25) is 0 Å². The number of anilines is 1.